The Kier molecular flexibility index (Phi) is 6.79. The molecule has 8 nitrogen and oxygen atoms in total. The second-order valence-corrected chi connectivity index (χ2v) is 8.42. The summed E-state index contributed by atoms with van der Waals surface area (Å²) in [5.74, 6) is -2.78. The van der Waals surface area contributed by atoms with E-state index in [4.69, 9.17) is 9.47 Å². The molecule has 31 heavy (non-hydrogen) atoms. The van der Waals surface area contributed by atoms with Gasteiger partial charge in [-0.15, -0.1) is 0 Å². The maximum atomic E-state index is 13.7. The molecule has 2 aliphatic rings. The number of ether oxygens (including phenoxy) is 2. The van der Waals surface area contributed by atoms with E-state index in [2.05, 4.69) is 0 Å². The van der Waals surface area contributed by atoms with Crippen molar-refractivity contribution in [1.82, 2.24) is 9.80 Å². The first-order valence-electron chi connectivity index (χ1n) is 10.8. The molecule has 168 valence electrons. The monoisotopic (exact) mass is 430 g/mol. The van der Waals surface area contributed by atoms with Crippen molar-refractivity contribution in [3.63, 3.8) is 0 Å². The summed E-state index contributed by atoms with van der Waals surface area (Å²) in [6.07, 6.45) is 1.20. The van der Waals surface area contributed by atoms with Gasteiger partial charge >= 0.3 is 5.97 Å². The fraction of sp³-hybridized carbons (Fsp3) is 0.565. The summed E-state index contributed by atoms with van der Waals surface area (Å²) in [4.78, 5) is 55.6. The van der Waals surface area contributed by atoms with Crippen LogP contribution in [0.5, 0.6) is 0 Å². The van der Waals surface area contributed by atoms with Gasteiger partial charge in [0.2, 0.25) is 11.5 Å². The molecule has 2 saturated heterocycles. The molecule has 1 aromatic carbocycles. The Balaban J connectivity index is 1.96. The Labute approximate surface area is 182 Å². The molecule has 2 aliphatic heterocycles. The van der Waals surface area contributed by atoms with E-state index in [1.807, 2.05) is 18.2 Å². The zero-order valence-corrected chi connectivity index (χ0v) is 18.5. The van der Waals surface area contributed by atoms with Crippen molar-refractivity contribution in [2.24, 2.45) is 5.92 Å². The highest BCUT2D eigenvalue weighted by Gasteiger charge is 2.57. The highest BCUT2D eigenvalue weighted by molar-refractivity contribution is 6.15. The zero-order valence-electron chi connectivity index (χ0n) is 18.5. The normalized spacial score (nSPS) is 23.0. The molecular formula is C23H30N2O6. The van der Waals surface area contributed by atoms with Gasteiger partial charge in [0.05, 0.1) is 13.2 Å². The van der Waals surface area contributed by atoms with Crippen LogP contribution in [0.3, 0.4) is 0 Å². The van der Waals surface area contributed by atoms with Crippen molar-refractivity contribution in [2.75, 3.05) is 13.2 Å². The number of hydrogen-bond donors (Lipinski definition) is 0. The van der Waals surface area contributed by atoms with E-state index in [0.29, 0.717) is 19.4 Å². The summed E-state index contributed by atoms with van der Waals surface area (Å²) in [5.41, 5.74) is -1.30. The third-order valence-corrected chi connectivity index (χ3v) is 5.88. The molecule has 0 aromatic heterocycles. The van der Waals surface area contributed by atoms with Crippen LogP contribution in [0.1, 0.15) is 46.1 Å². The first-order valence-corrected chi connectivity index (χ1v) is 10.8. The lowest BCUT2D eigenvalue weighted by molar-refractivity contribution is -0.190. The predicted octanol–water partition coefficient (Wildman–Crippen LogP) is 1.91. The molecule has 3 amide bonds. The average Bonchev–Trinajstić information content (AvgIpc) is 3.25. The molecule has 0 spiro atoms. The largest absolute Gasteiger partial charge is 0.463 e. The minimum atomic E-state index is -2.06. The number of fused-ring (bicyclic) bond motifs is 1. The van der Waals surface area contributed by atoms with Crippen molar-refractivity contribution in [3.8, 4) is 0 Å². The van der Waals surface area contributed by atoms with E-state index < -0.39 is 35.5 Å². The predicted molar refractivity (Wildman–Crippen MR) is 111 cm³/mol. The molecule has 2 fully saturated rings. The molecule has 0 bridgehead atoms. The number of esters is 1. The molecule has 0 aliphatic carbocycles. The lowest BCUT2D eigenvalue weighted by Gasteiger charge is -2.44. The Morgan fingerprint density at radius 1 is 1.16 bits per heavy atom. The molecule has 1 aromatic rings. The topological polar surface area (TPSA) is 93.2 Å². The van der Waals surface area contributed by atoms with Crippen LogP contribution in [0.4, 0.5) is 0 Å². The van der Waals surface area contributed by atoms with Crippen LogP contribution >= 0.6 is 0 Å². The van der Waals surface area contributed by atoms with Gasteiger partial charge in [0.1, 0.15) is 12.1 Å². The van der Waals surface area contributed by atoms with Crippen LogP contribution in [0, 0.1) is 5.92 Å². The number of hydrogen-bond acceptors (Lipinski definition) is 6. The number of carbonyl (C=O) groups excluding carboxylic acids is 4. The van der Waals surface area contributed by atoms with Crippen LogP contribution in [-0.4, -0.2) is 64.3 Å². The maximum absolute atomic E-state index is 13.7. The van der Waals surface area contributed by atoms with Crippen LogP contribution in [0.15, 0.2) is 30.3 Å². The van der Waals surface area contributed by atoms with Gasteiger partial charge in [0.25, 0.3) is 11.8 Å². The molecular weight excluding hydrogens is 400 g/mol. The van der Waals surface area contributed by atoms with Crippen molar-refractivity contribution < 1.29 is 28.7 Å². The van der Waals surface area contributed by atoms with E-state index in [1.54, 1.807) is 37.8 Å². The van der Waals surface area contributed by atoms with Crippen molar-refractivity contribution in [1.29, 1.82) is 0 Å². The fourth-order valence-electron chi connectivity index (χ4n) is 4.18. The number of amides is 3. The average molecular weight is 431 g/mol. The summed E-state index contributed by atoms with van der Waals surface area (Å²) in [7, 11) is 0. The lowest BCUT2D eigenvalue weighted by Crippen LogP contribution is -2.69. The second-order valence-electron chi connectivity index (χ2n) is 8.42. The van der Waals surface area contributed by atoms with Gasteiger partial charge in [-0.2, -0.15) is 0 Å². The van der Waals surface area contributed by atoms with Crippen LogP contribution in [-0.2, 0) is 35.3 Å². The van der Waals surface area contributed by atoms with Gasteiger partial charge in [0.15, 0.2) is 0 Å². The Morgan fingerprint density at radius 3 is 2.45 bits per heavy atom. The third-order valence-electron chi connectivity index (χ3n) is 5.88. The fourth-order valence-corrected chi connectivity index (χ4v) is 4.18. The number of carbonyl (C=O) groups is 4. The molecule has 8 heteroatoms. The van der Waals surface area contributed by atoms with Gasteiger partial charge in [-0.25, -0.2) is 4.79 Å². The molecule has 0 N–H and O–H groups in total. The van der Waals surface area contributed by atoms with Crippen molar-refractivity contribution >= 4 is 23.7 Å². The summed E-state index contributed by atoms with van der Waals surface area (Å²) in [5, 5.41) is 0. The van der Waals surface area contributed by atoms with Gasteiger partial charge in [-0.1, -0.05) is 44.2 Å². The number of imide groups is 1. The molecule has 3 unspecified atom stereocenters. The Bertz CT molecular complexity index is 855. The molecule has 2 heterocycles. The zero-order chi connectivity index (χ0) is 22.8. The smallest absolute Gasteiger partial charge is 0.348 e. The number of nitrogens with zero attached hydrogens (tertiary/aromatic N) is 2. The minimum Gasteiger partial charge on any atom is -0.463 e. The van der Waals surface area contributed by atoms with E-state index in [1.165, 1.54) is 6.92 Å². The van der Waals surface area contributed by atoms with E-state index >= 15 is 0 Å². The minimum absolute atomic E-state index is 0.0280. The summed E-state index contributed by atoms with van der Waals surface area (Å²) >= 11 is 0. The van der Waals surface area contributed by atoms with E-state index in [-0.39, 0.29) is 25.0 Å². The van der Waals surface area contributed by atoms with Gasteiger partial charge < -0.3 is 14.4 Å². The molecule has 3 rings (SSSR count). The number of benzene rings is 1. The Hall–Kier alpha value is -2.74. The number of rotatable bonds is 7. The first kappa shape index (κ1) is 22.9. The quantitative estimate of drug-likeness (QED) is 0.485. The summed E-state index contributed by atoms with van der Waals surface area (Å²) < 4.78 is 11.0. The SMILES string of the molecule is CCOC(=O)C(C)(OCc1ccccc1)C(=O)N1C(=O)C2CCCN2C(=O)C1C(C)C. The molecule has 0 saturated carbocycles. The third kappa shape index (κ3) is 4.21. The van der Waals surface area contributed by atoms with Crippen LogP contribution in [0.2, 0.25) is 0 Å². The van der Waals surface area contributed by atoms with Gasteiger partial charge in [-0.3, -0.25) is 19.3 Å². The molecule has 3 atom stereocenters. The van der Waals surface area contributed by atoms with Crippen LogP contribution in [0.25, 0.3) is 0 Å². The lowest BCUT2D eigenvalue weighted by atomic mass is 9.93. The maximum Gasteiger partial charge on any atom is 0.348 e. The van der Waals surface area contributed by atoms with Crippen LogP contribution < -0.4 is 0 Å². The first-order chi connectivity index (χ1) is 14.7. The van der Waals surface area contributed by atoms with Gasteiger partial charge in [0, 0.05) is 6.54 Å². The number of piperazine rings is 1. The summed E-state index contributed by atoms with van der Waals surface area (Å²) in [6.45, 7) is 7.01. The van der Waals surface area contributed by atoms with Crippen molar-refractivity contribution in [3.05, 3.63) is 35.9 Å². The summed E-state index contributed by atoms with van der Waals surface area (Å²) in [6, 6.07) is 7.43. The standard InChI is InChI=1S/C23H30N2O6/c1-5-30-22(29)23(4,31-14-16-10-7-6-8-11-16)21(28)25-18(15(2)3)20(27)24-13-9-12-17(24)19(25)26/h6-8,10-11,15,17-18H,5,9,12-14H2,1-4H3. The van der Waals surface area contributed by atoms with E-state index in [9.17, 15) is 19.2 Å². The Morgan fingerprint density at radius 2 is 1.84 bits per heavy atom. The molecule has 0 radical (unpaired) electrons. The van der Waals surface area contributed by atoms with Gasteiger partial charge in [-0.05, 0) is 38.2 Å². The second kappa shape index (κ2) is 9.18. The van der Waals surface area contributed by atoms with E-state index in [0.717, 1.165) is 10.5 Å². The highest BCUT2D eigenvalue weighted by Crippen LogP contribution is 2.32. The highest BCUT2D eigenvalue weighted by atomic mass is 16.6. The van der Waals surface area contributed by atoms with Crippen molar-refractivity contribution in [2.45, 2.75) is 64.8 Å².